The molecule has 0 N–H and O–H groups in total. The summed E-state index contributed by atoms with van der Waals surface area (Å²) in [7, 11) is 4.26. The molecular weight excluding hydrogens is 356 g/mol. The van der Waals surface area contributed by atoms with Crippen LogP contribution in [0.3, 0.4) is 0 Å². The maximum atomic E-state index is 4.79. The van der Waals surface area contributed by atoms with Crippen molar-refractivity contribution in [2.24, 2.45) is 0 Å². The molecule has 7 heteroatoms. The number of piperidine rings is 1. The molecule has 0 aliphatic carbocycles. The molecular formula is C20H28N6S. The van der Waals surface area contributed by atoms with E-state index in [-0.39, 0.29) is 0 Å². The lowest BCUT2D eigenvalue weighted by Crippen LogP contribution is -2.36. The summed E-state index contributed by atoms with van der Waals surface area (Å²) in [5.74, 6) is 3.63. The third-order valence-corrected chi connectivity index (χ3v) is 6.06. The SMILES string of the molecule is Cc1nc(N2CCC[C@H](c3nccn3CCCN(C)C)C2)c2ccsc2n1. The highest BCUT2D eigenvalue weighted by Crippen LogP contribution is 2.33. The maximum Gasteiger partial charge on any atom is 0.141 e. The summed E-state index contributed by atoms with van der Waals surface area (Å²) in [6.45, 7) is 6.16. The van der Waals surface area contributed by atoms with Gasteiger partial charge in [-0.2, -0.15) is 0 Å². The first kappa shape index (κ1) is 18.4. The number of hydrogen-bond acceptors (Lipinski definition) is 6. The molecule has 1 aliphatic rings. The summed E-state index contributed by atoms with van der Waals surface area (Å²) in [6.07, 6.45) is 7.60. The van der Waals surface area contributed by atoms with Crippen LogP contribution in [0.25, 0.3) is 10.2 Å². The lowest BCUT2D eigenvalue weighted by atomic mass is 9.97. The van der Waals surface area contributed by atoms with Crippen molar-refractivity contribution in [1.82, 2.24) is 24.4 Å². The predicted molar refractivity (Wildman–Crippen MR) is 112 cm³/mol. The molecule has 0 spiro atoms. The topological polar surface area (TPSA) is 50.1 Å². The molecule has 3 aromatic heterocycles. The zero-order chi connectivity index (χ0) is 18.8. The number of aryl methyl sites for hydroxylation is 2. The Bertz CT molecular complexity index is 899. The van der Waals surface area contributed by atoms with Crippen LogP contribution in [0.2, 0.25) is 0 Å². The van der Waals surface area contributed by atoms with E-state index in [4.69, 9.17) is 9.97 Å². The van der Waals surface area contributed by atoms with Crippen LogP contribution < -0.4 is 4.90 Å². The number of nitrogens with zero attached hydrogens (tertiary/aromatic N) is 6. The van der Waals surface area contributed by atoms with Crippen LogP contribution >= 0.6 is 11.3 Å². The van der Waals surface area contributed by atoms with E-state index in [1.165, 1.54) is 24.1 Å². The molecule has 0 amide bonds. The molecule has 27 heavy (non-hydrogen) atoms. The van der Waals surface area contributed by atoms with Crippen LogP contribution in [0, 0.1) is 6.92 Å². The minimum Gasteiger partial charge on any atom is -0.355 e. The van der Waals surface area contributed by atoms with E-state index in [0.717, 1.165) is 49.1 Å². The Hall–Kier alpha value is -1.99. The second kappa shape index (κ2) is 7.94. The first-order valence-corrected chi connectivity index (χ1v) is 10.6. The van der Waals surface area contributed by atoms with Crippen molar-refractivity contribution in [2.75, 3.05) is 38.6 Å². The van der Waals surface area contributed by atoms with E-state index < -0.39 is 0 Å². The van der Waals surface area contributed by atoms with Gasteiger partial charge in [0.2, 0.25) is 0 Å². The summed E-state index contributed by atoms with van der Waals surface area (Å²) in [4.78, 5) is 19.9. The third kappa shape index (κ3) is 3.99. The zero-order valence-corrected chi connectivity index (χ0v) is 17.2. The number of aromatic nitrogens is 4. The van der Waals surface area contributed by atoms with Gasteiger partial charge >= 0.3 is 0 Å². The molecule has 4 heterocycles. The number of thiophene rings is 1. The van der Waals surface area contributed by atoms with Crippen molar-refractivity contribution in [2.45, 2.75) is 38.6 Å². The van der Waals surface area contributed by atoms with E-state index in [0.29, 0.717) is 5.92 Å². The molecule has 0 saturated carbocycles. The molecule has 4 rings (SSSR count). The molecule has 0 radical (unpaired) electrons. The Morgan fingerprint density at radius 3 is 3.04 bits per heavy atom. The molecule has 1 aliphatic heterocycles. The minimum atomic E-state index is 0.456. The average Bonchev–Trinajstić information content (AvgIpc) is 3.30. The van der Waals surface area contributed by atoms with Crippen molar-refractivity contribution in [3.63, 3.8) is 0 Å². The van der Waals surface area contributed by atoms with E-state index in [2.05, 4.69) is 51.1 Å². The predicted octanol–water partition coefficient (Wildman–Crippen LogP) is 3.53. The van der Waals surface area contributed by atoms with E-state index in [1.54, 1.807) is 11.3 Å². The highest BCUT2D eigenvalue weighted by molar-refractivity contribution is 7.16. The van der Waals surface area contributed by atoms with Gasteiger partial charge in [0.1, 0.15) is 22.3 Å². The van der Waals surface area contributed by atoms with Gasteiger partial charge in [-0.3, -0.25) is 0 Å². The van der Waals surface area contributed by atoms with Crippen LogP contribution in [0.1, 0.15) is 36.8 Å². The fourth-order valence-corrected chi connectivity index (χ4v) is 4.80. The van der Waals surface area contributed by atoms with Crippen LogP contribution in [0.4, 0.5) is 5.82 Å². The Balaban J connectivity index is 1.54. The summed E-state index contributed by atoms with van der Waals surface area (Å²) in [5, 5.41) is 3.29. The standard InChI is InChI=1S/C20H28N6S/c1-15-22-19(17-7-13-27-20(17)23-15)26-10-4-6-16(14-26)18-21-8-12-25(18)11-5-9-24(2)3/h7-8,12-13,16H,4-6,9-11,14H2,1-3H3/t16-/m0/s1. The molecule has 1 saturated heterocycles. The fourth-order valence-electron chi connectivity index (χ4n) is 3.99. The molecule has 0 unspecified atom stereocenters. The van der Waals surface area contributed by atoms with Gasteiger partial charge in [0, 0.05) is 37.9 Å². The van der Waals surface area contributed by atoms with Crippen molar-refractivity contribution in [3.8, 4) is 0 Å². The van der Waals surface area contributed by atoms with Crippen molar-refractivity contribution < 1.29 is 0 Å². The third-order valence-electron chi connectivity index (χ3n) is 5.25. The summed E-state index contributed by atoms with van der Waals surface area (Å²) < 4.78 is 2.35. The van der Waals surface area contributed by atoms with Crippen LogP contribution in [-0.2, 0) is 6.54 Å². The lowest BCUT2D eigenvalue weighted by Gasteiger charge is -2.34. The summed E-state index contributed by atoms with van der Waals surface area (Å²) in [5.41, 5.74) is 0. The van der Waals surface area contributed by atoms with E-state index >= 15 is 0 Å². The van der Waals surface area contributed by atoms with E-state index in [1.807, 2.05) is 13.1 Å². The Kier molecular flexibility index (Phi) is 5.41. The largest absolute Gasteiger partial charge is 0.355 e. The first-order valence-electron chi connectivity index (χ1n) is 9.74. The van der Waals surface area contributed by atoms with Gasteiger partial charge in [-0.1, -0.05) is 0 Å². The lowest BCUT2D eigenvalue weighted by molar-refractivity contribution is 0.380. The number of fused-ring (bicyclic) bond motifs is 1. The van der Waals surface area contributed by atoms with Crippen LogP contribution in [0.15, 0.2) is 23.8 Å². The number of rotatable bonds is 6. The van der Waals surface area contributed by atoms with Crippen molar-refractivity contribution >= 4 is 27.4 Å². The molecule has 0 bridgehead atoms. The van der Waals surface area contributed by atoms with Gasteiger partial charge < -0.3 is 14.4 Å². The second-order valence-corrected chi connectivity index (χ2v) is 8.55. The number of hydrogen-bond donors (Lipinski definition) is 0. The van der Waals surface area contributed by atoms with Crippen LogP contribution in [0.5, 0.6) is 0 Å². The zero-order valence-electron chi connectivity index (χ0n) is 16.4. The first-order chi connectivity index (χ1) is 13.1. The normalized spacial score (nSPS) is 17.9. The molecule has 6 nitrogen and oxygen atoms in total. The summed E-state index contributed by atoms with van der Waals surface area (Å²) >= 11 is 1.69. The minimum absolute atomic E-state index is 0.456. The Labute approximate surface area is 164 Å². The molecule has 1 fully saturated rings. The van der Waals surface area contributed by atoms with Crippen molar-refractivity contribution in [3.05, 3.63) is 35.5 Å². The second-order valence-electron chi connectivity index (χ2n) is 7.65. The maximum absolute atomic E-state index is 4.79. The molecule has 0 aromatic carbocycles. The van der Waals surface area contributed by atoms with Gasteiger partial charge in [-0.25, -0.2) is 15.0 Å². The van der Waals surface area contributed by atoms with Gasteiger partial charge in [-0.05, 0) is 58.3 Å². The quantitative estimate of drug-likeness (QED) is 0.651. The van der Waals surface area contributed by atoms with Crippen molar-refractivity contribution in [1.29, 1.82) is 0 Å². The summed E-state index contributed by atoms with van der Waals surface area (Å²) in [6, 6.07) is 2.15. The van der Waals surface area contributed by atoms with Gasteiger partial charge in [0.25, 0.3) is 0 Å². The highest BCUT2D eigenvalue weighted by Gasteiger charge is 2.27. The highest BCUT2D eigenvalue weighted by atomic mass is 32.1. The molecule has 144 valence electrons. The van der Waals surface area contributed by atoms with Gasteiger partial charge in [0.05, 0.1) is 5.39 Å². The molecule has 3 aromatic rings. The Morgan fingerprint density at radius 1 is 1.30 bits per heavy atom. The molecule has 1 atom stereocenters. The van der Waals surface area contributed by atoms with Gasteiger partial charge in [-0.15, -0.1) is 11.3 Å². The Morgan fingerprint density at radius 2 is 2.19 bits per heavy atom. The van der Waals surface area contributed by atoms with Crippen LogP contribution in [-0.4, -0.2) is 58.1 Å². The fraction of sp³-hybridized carbons (Fsp3) is 0.550. The van der Waals surface area contributed by atoms with E-state index in [9.17, 15) is 0 Å². The number of imidazole rings is 1. The monoisotopic (exact) mass is 384 g/mol. The number of anilines is 1. The average molecular weight is 385 g/mol. The van der Waals surface area contributed by atoms with Gasteiger partial charge in [0.15, 0.2) is 0 Å². The smallest absolute Gasteiger partial charge is 0.141 e.